The van der Waals surface area contributed by atoms with Crippen LogP contribution in [0.15, 0.2) is 24.4 Å². The van der Waals surface area contributed by atoms with E-state index >= 15 is 0 Å². The molecule has 4 bridgehead atoms. The number of pyridine rings is 1. The monoisotopic (exact) mass is 342 g/mol. The SMILES string of the molecule is CNc1cc2nc3c(cnn13)C(=O)CCCOc1ccc(F)c(n1)N2. The van der Waals surface area contributed by atoms with Gasteiger partial charge in [0.2, 0.25) is 5.88 Å². The first kappa shape index (κ1) is 15.3. The van der Waals surface area contributed by atoms with Gasteiger partial charge in [-0.15, -0.1) is 0 Å². The molecule has 0 unspecified atom stereocenters. The number of nitrogens with zero attached hydrogens (tertiary/aromatic N) is 4. The number of halogens is 1. The molecule has 0 radical (unpaired) electrons. The van der Waals surface area contributed by atoms with E-state index in [0.29, 0.717) is 42.3 Å². The topological polar surface area (TPSA) is 93.4 Å². The lowest BCUT2D eigenvalue weighted by atomic mass is 10.1. The van der Waals surface area contributed by atoms with Crippen LogP contribution >= 0.6 is 0 Å². The summed E-state index contributed by atoms with van der Waals surface area (Å²) in [5, 5.41) is 10.1. The van der Waals surface area contributed by atoms with E-state index in [2.05, 4.69) is 25.7 Å². The molecule has 128 valence electrons. The molecule has 0 fully saturated rings. The van der Waals surface area contributed by atoms with E-state index in [-0.39, 0.29) is 17.5 Å². The van der Waals surface area contributed by atoms with Crippen molar-refractivity contribution in [1.82, 2.24) is 19.6 Å². The molecule has 8 nitrogen and oxygen atoms in total. The van der Waals surface area contributed by atoms with Crippen molar-refractivity contribution in [2.24, 2.45) is 0 Å². The maximum absolute atomic E-state index is 14.1. The molecule has 0 aliphatic carbocycles. The van der Waals surface area contributed by atoms with Crippen LogP contribution in [0.3, 0.4) is 0 Å². The van der Waals surface area contributed by atoms with Crippen LogP contribution in [0.5, 0.6) is 5.88 Å². The lowest BCUT2D eigenvalue weighted by molar-refractivity contribution is 0.0974. The normalized spacial score (nSPS) is 14.2. The molecule has 4 rings (SSSR count). The Labute approximate surface area is 142 Å². The van der Waals surface area contributed by atoms with Gasteiger partial charge in [-0.1, -0.05) is 0 Å². The van der Waals surface area contributed by atoms with Crippen LogP contribution in [-0.2, 0) is 0 Å². The minimum atomic E-state index is -0.528. The molecule has 0 spiro atoms. The first-order chi connectivity index (χ1) is 12.2. The standard InChI is InChI=1S/C16H15FN6O2/c1-18-13-7-12-20-15-10(17)4-5-14(22-15)25-6-2-3-11(24)9-8-19-23(13)16(9)21-12/h4-5,7-8,18H,2-3,6H2,1H3,(H,20,21,22). The largest absolute Gasteiger partial charge is 0.478 e. The Kier molecular flexibility index (Phi) is 3.68. The minimum absolute atomic E-state index is 0.00282. The zero-order valence-electron chi connectivity index (χ0n) is 13.4. The number of rotatable bonds is 1. The van der Waals surface area contributed by atoms with Crippen molar-refractivity contribution < 1.29 is 13.9 Å². The van der Waals surface area contributed by atoms with E-state index in [0.717, 1.165) is 0 Å². The number of ether oxygens (including phenoxy) is 1. The molecule has 0 aromatic carbocycles. The molecule has 1 aliphatic heterocycles. The summed E-state index contributed by atoms with van der Waals surface area (Å²) in [6, 6.07) is 4.38. The Morgan fingerprint density at radius 3 is 3.08 bits per heavy atom. The number of ketones is 1. The summed E-state index contributed by atoms with van der Waals surface area (Å²) < 4.78 is 21.1. The first-order valence-electron chi connectivity index (χ1n) is 7.82. The third-order valence-electron chi connectivity index (χ3n) is 3.89. The highest BCUT2D eigenvalue weighted by Gasteiger charge is 2.18. The van der Waals surface area contributed by atoms with Gasteiger partial charge in [-0.2, -0.15) is 14.6 Å². The van der Waals surface area contributed by atoms with Crippen LogP contribution in [0.4, 0.5) is 21.8 Å². The Morgan fingerprint density at radius 2 is 2.24 bits per heavy atom. The maximum Gasteiger partial charge on any atom is 0.215 e. The van der Waals surface area contributed by atoms with E-state index in [1.807, 2.05) is 0 Å². The summed E-state index contributed by atoms with van der Waals surface area (Å²) in [7, 11) is 1.73. The van der Waals surface area contributed by atoms with Gasteiger partial charge in [0, 0.05) is 25.6 Å². The third-order valence-corrected chi connectivity index (χ3v) is 3.89. The molecule has 25 heavy (non-hydrogen) atoms. The number of Topliss-reactive ketones (excluding diaryl/α,β-unsaturated/α-hetero) is 1. The van der Waals surface area contributed by atoms with Gasteiger partial charge < -0.3 is 15.4 Å². The van der Waals surface area contributed by atoms with Crippen molar-refractivity contribution >= 4 is 28.9 Å². The van der Waals surface area contributed by atoms with Gasteiger partial charge in [0.05, 0.1) is 18.4 Å². The molecular formula is C16H15FN6O2. The number of carbonyl (C=O) groups excluding carboxylic acids is 1. The van der Waals surface area contributed by atoms with Crippen molar-refractivity contribution in [3.05, 3.63) is 35.8 Å². The number of hydrogen-bond acceptors (Lipinski definition) is 7. The van der Waals surface area contributed by atoms with Gasteiger partial charge in [-0.25, -0.2) is 9.37 Å². The van der Waals surface area contributed by atoms with Crippen LogP contribution < -0.4 is 15.4 Å². The van der Waals surface area contributed by atoms with Crippen molar-refractivity contribution in [3.8, 4) is 5.88 Å². The number of nitrogens with one attached hydrogen (secondary N) is 2. The summed E-state index contributed by atoms with van der Waals surface area (Å²) in [5.74, 6) is 0.634. The van der Waals surface area contributed by atoms with E-state index in [1.54, 1.807) is 13.1 Å². The number of anilines is 3. The highest BCUT2D eigenvalue weighted by Crippen LogP contribution is 2.25. The lowest BCUT2D eigenvalue weighted by Gasteiger charge is -2.11. The summed E-state index contributed by atoms with van der Waals surface area (Å²) in [6.07, 6.45) is 2.30. The minimum Gasteiger partial charge on any atom is -0.478 e. The predicted octanol–water partition coefficient (Wildman–Crippen LogP) is 2.40. The molecule has 2 N–H and O–H groups in total. The second kappa shape index (κ2) is 6.00. The van der Waals surface area contributed by atoms with Crippen LogP contribution in [0.1, 0.15) is 23.2 Å². The first-order valence-corrected chi connectivity index (χ1v) is 7.82. The Hall–Kier alpha value is -3.23. The fourth-order valence-electron chi connectivity index (χ4n) is 2.66. The fourth-order valence-corrected chi connectivity index (χ4v) is 2.66. The van der Waals surface area contributed by atoms with Gasteiger partial charge in [0.25, 0.3) is 0 Å². The third kappa shape index (κ3) is 2.73. The molecule has 0 saturated carbocycles. The van der Waals surface area contributed by atoms with Crippen molar-refractivity contribution in [2.75, 3.05) is 24.3 Å². The van der Waals surface area contributed by atoms with Crippen LogP contribution in [-0.4, -0.2) is 39.0 Å². The summed E-state index contributed by atoms with van der Waals surface area (Å²) in [6.45, 7) is 0.307. The highest BCUT2D eigenvalue weighted by atomic mass is 19.1. The van der Waals surface area contributed by atoms with E-state index in [4.69, 9.17) is 4.74 Å². The number of hydrogen-bond donors (Lipinski definition) is 2. The predicted molar refractivity (Wildman–Crippen MR) is 89.1 cm³/mol. The second-order valence-electron chi connectivity index (χ2n) is 5.55. The van der Waals surface area contributed by atoms with Gasteiger partial charge in [0.15, 0.2) is 23.1 Å². The zero-order chi connectivity index (χ0) is 17.4. The Bertz CT molecular complexity index is 971. The molecule has 4 heterocycles. The quantitative estimate of drug-likeness (QED) is 0.701. The summed E-state index contributed by atoms with van der Waals surface area (Å²) in [5.41, 5.74) is 0.815. The second-order valence-corrected chi connectivity index (χ2v) is 5.55. The van der Waals surface area contributed by atoms with E-state index in [1.165, 1.54) is 22.8 Å². The van der Waals surface area contributed by atoms with Crippen molar-refractivity contribution in [3.63, 3.8) is 0 Å². The molecule has 0 saturated heterocycles. The molecule has 3 aromatic heterocycles. The van der Waals surface area contributed by atoms with E-state index in [9.17, 15) is 9.18 Å². The Morgan fingerprint density at radius 1 is 1.36 bits per heavy atom. The van der Waals surface area contributed by atoms with E-state index < -0.39 is 5.82 Å². The average Bonchev–Trinajstić information content (AvgIpc) is 3.04. The van der Waals surface area contributed by atoms with Gasteiger partial charge >= 0.3 is 0 Å². The van der Waals surface area contributed by atoms with Crippen molar-refractivity contribution in [1.29, 1.82) is 0 Å². The molecule has 1 aliphatic rings. The number of carbonyl (C=O) groups is 1. The summed E-state index contributed by atoms with van der Waals surface area (Å²) >= 11 is 0. The average molecular weight is 342 g/mol. The van der Waals surface area contributed by atoms with Crippen LogP contribution in [0.2, 0.25) is 0 Å². The smallest absolute Gasteiger partial charge is 0.215 e. The molecule has 3 aromatic rings. The van der Waals surface area contributed by atoms with Crippen LogP contribution in [0, 0.1) is 5.82 Å². The van der Waals surface area contributed by atoms with Gasteiger partial charge in [-0.3, -0.25) is 4.79 Å². The van der Waals surface area contributed by atoms with Gasteiger partial charge in [0.1, 0.15) is 11.6 Å². The zero-order valence-corrected chi connectivity index (χ0v) is 13.4. The van der Waals surface area contributed by atoms with Crippen molar-refractivity contribution in [2.45, 2.75) is 12.8 Å². The molecule has 9 heteroatoms. The van der Waals surface area contributed by atoms with Gasteiger partial charge in [-0.05, 0) is 12.5 Å². The molecule has 0 atom stereocenters. The highest BCUT2D eigenvalue weighted by molar-refractivity contribution is 6.01. The number of fused-ring (bicyclic) bond motifs is 3. The molecular weight excluding hydrogens is 327 g/mol. The maximum atomic E-state index is 14.1. The molecule has 0 amide bonds. The fraction of sp³-hybridized carbons (Fsp3) is 0.250. The Balaban J connectivity index is 1.90. The lowest BCUT2D eigenvalue weighted by Crippen LogP contribution is -2.06. The number of aromatic nitrogens is 4. The summed E-state index contributed by atoms with van der Waals surface area (Å²) in [4.78, 5) is 21.0. The van der Waals surface area contributed by atoms with Crippen LogP contribution in [0.25, 0.3) is 5.65 Å².